The number of hydrogen-bond donors (Lipinski definition) is 1. The van der Waals surface area contributed by atoms with Crippen molar-refractivity contribution in [3.63, 3.8) is 0 Å². The second-order valence-electron chi connectivity index (χ2n) is 6.12. The molecule has 1 heterocycles. The Hall–Kier alpha value is -3.65. The molecule has 0 saturated heterocycles. The predicted octanol–water partition coefficient (Wildman–Crippen LogP) is 5.25. The Bertz CT molecular complexity index is 1070. The molecule has 0 saturated carbocycles. The molecule has 3 rings (SSSR count). The zero-order valence-electron chi connectivity index (χ0n) is 14.9. The average molecular weight is 360 g/mol. The Kier molecular flexibility index (Phi) is 5.18. The number of benzene rings is 2. The van der Waals surface area contributed by atoms with Crippen LogP contribution in [0.5, 0.6) is 0 Å². The third-order valence-electron chi connectivity index (χ3n) is 4.06. The van der Waals surface area contributed by atoms with Crippen LogP contribution in [0.25, 0.3) is 17.4 Å². The van der Waals surface area contributed by atoms with E-state index in [0.717, 1.165) is 11.1 Å². The average Bonchev–Trinajstić information content (AvgIpc) is 3.11. The number of anilines is 1. The molecule has 5 heteroatoms. The molecule has 1 amide bonds. The summed E-state index contributed by atoms with van der Waals surface area (Å²) in [6, 6.07) is 17.0. The first-order valence-corrected chi connectivity index (χ1v) is 8.33. The molecule has 27 heavy (non-hydrogen) atoms. The Morgan fingerprint density at radius 2 is 1.93 bits per heavy atom. The van der Waals surface area contributed by atoms with Gasteiger partial charge in [-0.2, -0.15) is 5.26 Å². The minimum Gasteiger partial charge on any atom is -0.457 e. The third kappa shape index (κ3) is 4.13. The van der Waals surface area contributed by atoms with E-state index >= 15 is 0 Å². The molecule has 0 spiro atoms. The Morgan fingerprint density at radius 3 is 2.67 bits per heavy atom. The van der Waals surface area contributed by atoms with Gasteiger partial charge in [0.25, 0.3) is 5.91 Å². The zero-order chi connectivity index (χ0) is 19.4. The molecule has 0 aliphatic heterocycles. The van der Waals surface area contributed by atoms with Crippen molar-refractivity contribution >= 4 is 17.7 Å². The minimum absolute atomic E-state index is 0.106. The van der Waals surface area contributed by atoms with Crippen molar-refractivity contribution < 1.29 is 13.6 Å². The van der Waals surface area contributed by atoms with Crippen LogP contribution in [-0.2, 0) is 4.79 Å². The molecule has 0 aliphatic carbocycles. The van der Waals surface area contributed by atoms with Gasteiger partial charge in [0.2, 0.25) is 0 Å². The molecule has 1 aromatic heterocycles. The Labute approximate surface area is 156 Å². The van der Waals surface area contributed by atoms with E-state index in [9.17, 15) is 14.4 Å². The first-order chi connectivity index (χ1) is 13.0. The largest absolute Gasteiger partial charge is 0.457 e. The third-order valence-corrected chi connectivity index (χ3v) is 4.06. The number of carbonyl (C=O) groups is 1. The molecule has 4 nitrogen and oxygen atoms in total. The smallest absolute Gasteiger partial charge is 0.266 e. The zero-order valence-corrected chi connectivity index (χ0v) is 14.9. The van der Waals surface area contributed by atoms with Gasteiger partial charge in [-0.25, -0.2) is 4.39 Å². The molecule has 0 atom stereocenters. The number of nitrogens with one attached hydrogen (secondary N) is 1. The molecule has 2 aromatic carbocycles. The number of halogens is 1. The van der Waals surface area contributed by atoms with E-state index in [1.54, 1.807) is 30.3 Å². The van der Waals surface area contributed by atoms with E-state index in [1.165, 1.54) is 12.1 Å². The summed E-state index contributed by atoms with van der Waals surface area (Å²) in [7, 11) is 0. The van der Waals surface area contributed by atoms with Crippen LogP contribution in [0.1, 0.15) is 16.9 Å². The number of nitriles is 1. The maximum Gasteiger partial charge on any atom is 0.266 e. The van der Waals surface area contributed by atoms with Crippen molar-refractivity contribution in [3.05, 3.63) is 82.9 Å². The van der Waals surface area contributed by atoms with Crippen molar-refractivity contribution in [3.8, 4) is 17.4 Å². The molecule has 134 valence electrons. The van der Waals surface area contributed by atoms with Gasteiger partial charge in [0, 0.05) is 11.8 Å². The fourth-order valence-electron chi connectivity index (χ4n) is 2.59. The number of hydrogen-bond acceptors (Lipinski definition) is 3. The molecular formula is C22H17FN2O2. The van der Waals surface area contributed by atoms with Gasteiger partial charge in [-0.05, 0) is 55.3 Å². The van der Waals surface area contributed by atoms with Crippen LogP contribution in [0.2, 0.25) is 0 Å². The van der Waals surface area contributed by atoms with Crippen molar-refractivity contribution in [2.45, 2.75) is 13.8 Å². The summed E-state index contributed by atoms with van der Waals surface area (Å²) in [5, 5.41) is 12.1. The number of furan rings is 1. The molecule has 1 N–H and O–H groups in total. The summed E-state index contributed by atoms with van der Waals surface area (Å²) in [5.74, 6) is -0.321. The predicted molar refractivity (Wildman–Crippen MR) is 102 cm³/mol. The number of nitrogens with zero attached hydrogens (tertiary/aromatic N) is 1. The first-order valence-electron chi connectivity index (χ1n) is 8.33. The normalized spacial score (nSPS) is 11.1. The van der Waals surface area contributed by atoms with Gasteiger partial charge in [0.05, 0.1) is 5.56 Å². The summed E-state index contributed by atoms with van der Waals surface area (Å²) in [6.07, 6.45) is 1.34. The highest BCUT2D eigenvalue weighted by Gasteiger charge is 2.13. The Morgan fingerprint density at radius 1 is 1.15 bits per heavy atom. The van der Waals surface area contributed by atoms with Crippen LogP contribution >= 0.6 is 0 Å². The highest BCUT2D eigenvalue weighted by Crippen LogP contribution is 2.26. The Balaban J connectivity index is 1.84. The fourth-order valence-corrected chi connectivity index (χ4v) is 2.59. The second-order valence-corrected chi connectivity index (χ2v) is 6.12. The van der Waals surface area contributed by atoms with E-state index in [0.29, 0.717) is 22.8 Å². The monoisotopic (exact) mass is 360 g/mol. The first kappa shape index (κ1) is 18.2. The number of rotatable bonds is 4. The van der Waals surface area contributed by atoms with E-state index in [-0.39, 0.29) is 5.57 Å². The van der Waals surface area contributed by atoms with Crippen LogP contribution in [0.3, 0.4) is 0 Å². The number of amides is 1. The molecule has 0 fully saturated rings. The maximum atomic E-state index is 13.9. The fraction of sp³-hybridized carbons (Fsp3) is 0.0909. The van der Waals surface area contributed by atoms with Gasteiger partial charge in [0.1, 0.15) is 29.0 Å². The van der Waals surface area contributed by atoms with Crippen LogP contribution in [0.4, 0.5) is 10.1 Å². The van der Waals surface area contributed by atoms with E-state index in [2.05, 4.69) is 5.32 Å². The van der Waals surface area contributed by atoms with Crippen LogP contribution < -0.4 is 5.32 Å². The molecule has 0 unspecified atom stereocenters. The lowest BCUT2D eigenvalue weighted by atomic mass is 10.1. The van der Waals surface area contributed by atoms with Gasteiger partial charge in [0.15, 0.2) is 0 Å². The van der Waals surface area contributed by atoms with Crippen molar-refractivity contribution in [1.29, 1.82) is 5.26 Å². The van der Waals surface area contributed by atoms with Crippen LogP contribution in [-0.4, -0.2) is 5.91 Å². The second kappa shape index (κ2) is 7.71. The van der Waals surface area contributed by atoms with Gasteiger partial charge >= 0.3 is 0 Å². The molecule has 0 bridgehead atoms. The summed E-state index contributed by atoms with van der Waals surface area (Å²) in [6.45, 7) is 3.79. The van der Waals surface area contributed by atoms with Crippen molar-refractivity contribution in [2.24, 2.45) is 0 Å². The van der Waals surface area contributed by atoms with E-state index < -0.39 is 11.7 Å². The highest BCUT2D eigenvalue weighted by atomic mass is 19.1. The lowest BCUT2D eigenvalue weighted by Crippen LogP contribution is -2.14. The summed E-state index contributed by atoms with van der Waals surface area (Å²) >= 11 is 0. The van der Waals surface area contributed by atoms with Crippen molar-refractivity contribution in [1.82, 2.24) is 0 Å². The number of aryl methyl sites for hydroxylation is 2. The minimum atomic E-state index is -0.532. The van der Waals surface area contributed by atoms with Gasteiger partial charge in [-0.3, -0.25) is 4.79 Å². The lowest BCUT2D eigenvalue weighted by molar-refractivity contribution is -0.112. The van der Waals surface area contributed by atoms with E-state index in [1.807, 2.05) is 38.1 Å². The molecular weight excluding hydrogens is 343 g/mol. The molecule has 0 aliphatic rings. The van der Waals surface area contributed by atoms with Gasteiger partial charge in [-0.15, -0.1) is 0 Å². The van der Waals surface area contributed by atoms with Gasteiger partial charge in [-0.1, -0.05) is 24.3 Å². The van der Waals surface area contributed by atoms with E-state index in [4.69, 9.17) is 4.42 Å². The number of carbonyl (C=O) groups excluding carboxylic acids is 1. The molecule has 0 radical (unpaired) electrons. The topological polar surface area (TPSA) is 66.0 Å². The maximum absolute atomic E-state index is 13.9. The summed E-state index contributed by atoms with van der Waals surface area (Å²) in [4.78, 5) is 12.4. The van der Waals surface area contributed by atoms with Crippen LogP contribution in [0.15, 0.2) is 64.6 Å². The van der Waals surface area contributed by atoms with Gasteiger partial charge < -0.3 is 9.73 Å². The lowest BCUT2D eigenvalue weighted by Gasteiger charge is -2.08. The van der Waals surface area contributed by atoms with Crippen molar-refractivity contribution in [2.75, 3.05) is 5.32 Å². The highest BCUT2D eigenvalue weighted by molar-refractivity contribution is 6.09. The SMILES string of the molecule is Cc1ccc(C)c(NC(=O)/C(C#N)=C/c2ccc(-c3ccccc3F)o2)c1. The molecule has 3 aromatic rings. The van der Waals surface area contributed by atoms with Crippen LogP contribution in [0, 0.1) is 31.0 Å². The quantitative estimate of drug-likeness (QED) is 0.510. The summed E-state index contributed by atoms with van der Waals surface area (Å²) < 4.78 is 19.4. The summed E-state index contributed by atoms with van der Waals surface area (Å²) in [5.41, 5.74) is 2.75. The standard InChI is InChI=1S/C22H17FN2O2/c1-14-7-8-15(2)20(11-14)25-22(26)16(13-24)12-17-9-10-21(27-17)18-5-3-4-6-19(18)23/h3-12H,1-2H3,(H,25,26)/b16-12+.